The summed E-state index contributed by atoms with van der Waals surface area (Å²) < 4.78 is 5.57. The quantitative estimate of drug-likeness (QED) is 0.768. The van der Waals surface area contributed by atoms with Crippen LogP contribution in [0.15, 0.2) is 24.3 Å². The van der Waals surface area contributed by atoms with Gasteiger partial charge in [0, 0.05) is 12.2 Å². The van der Waals surface area contributed by atoms with Gasteiger partial charge in [0.2, 0.25) is 11.8 Å². The second kappa shape index (κ2) is 8.18. The SMILES string of the molecule is CC(C)CCNC(=O)C1CC1C(=O)Nc1ccc(OC(C)C)cc1. The summed E-state index contributed by atoms with van der Waals surface area (Å²) in [6.07, 6.45) is 1.71. The molecule has 5 nitrogen and oxygen atoms in total. The van der Waals surface area contributed by atoms with Crippen LogP contribution in [0.25, 0.3) is 0 Å². The summed E-state index contributed by atoms with van der Waals surface area (Å²) in [7, 11) is 0. The highest BCUT2D eigenvalue weighted by molar-refractivity contribution is 5.99. The average molecular weight is 332 g/mol. The van der Waals surface area contributed by atoms with Gasteiger partial charge in [-0.1, -0.05) is 13.8 Å². The van der Waals surface area contributed by atoms with Crippen molar-refractivity contribution >= 4 is 17.5 Å². The Morgan fingerprint density at radius 1 is 1.08 bits per heavy atom. The van der Waals surface area contributed by atoms with Crippen LogP contribution in [-0.4, -0.2) is 24.5 Å². The van der Waals surface area contributed by atoms with E-state index in [2.05, 4.69) is 24.5 Å². The molecule has 1 aliphatic carbocycles. The van der Waals surface area contributed by atoms with Crippen molar-refractivity contribution in [3.63, 3.8) is 0 Å². The van der Waals surface area contributed by atoms with Crippen LogP contribution in [0.4, 0.5) is 5.69 Å². The fraction of sp³-hybridized carbons (Fsp3) is 0.579. The first kappa shape index (κ1) is 18.3. The van der Waals surface area contributed by atoms with Crippen LogP contribution in [0, 0.1) is 17.8 Å². The number of nitrogens with one attached hydrogen (secondary N) is 2. The number of hydrogen-bond donors (Lipinski definition) is 2. The topological polar surface area (TPSA) is 67.4 Å². The Hall–Kier alpha value is -2.04. The summed E-state index contributed by atoms with van der Waals surface area (Å²) in [4.78, 5) is 24.2. The maximum Gasteiger partial charge on any atom is 0.228 e. The number of rotatable bonds is 8. The van der Waals surface area contributed by atoms with Crippen molar-refractivity contribution in [3.8, 4) is 5.75 Å². The summed E-state index contributed by atoms with van der Waals surface area (Å²) in [5.74, 6) is 0.854. The lowest BCUT2D eigenvalue weighted by molar-refractivity contribution is -0.125. The molecule has 0 aromatic heterocycles. The molecule has 0 saturated heterocycles. The molecule has 2 unspecified atom stereocenters. The highest BCUT2D eigenvalue weighted by Crippen LogP contribution is 2.39. The smallest absolute Gasteiger partial charge is 0.228 e. The van der Waals surface area contributed by atoms with Gasteiger partial charge in [-0.25, -0.2) is 0 Å². The minimum absolute atomic E-state index is 0.00326. The lowest BCUT2D eigenvalue weighted by atomic mass is 10.1. The Morgan fingerprint density at radius 2 is 1.71 bits per heavy atom. The van der Waals surface area contributed by atoms with Gasteiger partial charge < -0.3 is 15.4 Å². The maximum atomic E-state index is 12.2. The van der Waals surface area contributed by atoms with E-state index in [4.69, 9.17) is 4.74 Å². The molecule has 5 heteroatoms. The van der Waals surface area contributed by atoms with Gasteiger partial charge in [0.15, 0.2) is 0 Å². The molecular weight excluding hydrogens is 304 g/mol. The monoisotopic (exact) mass is 332 g/mol. The summed E-state index contributed by atoms with van der Waals surface area (Å²) in [5.41, 5.74) is 0.724. The van der Waals surface area contributed by atoms with Crippen molar-refractivity contribution < 1.29 is 14.3 Å². The Bertz CT molecular complexity index is 566. The van der Waals surface area contributed by atoms with E-state index in [1.807, 2.05) is 38.1 Å². The van der Waals surface area contributed by atoms with Crippen molar-refractivity contribution in [2.75, 3.05) is 11.9 Å². The number of hydrogen-bond acceptors (Lipinski definition) is 3. The third-order valence-electron chi connectivity index (χ3n) is 3.98. The molecule has 1 aromatic rings. The third kappa shape index (κ3) is 5.55. The van der Waals surface area contributed by atoms with Crippen molar-refractivity contribution in [2.24, 2.45) is 17.8 Å². The molecule has 0 bridgehead atoms. The van der Waals surface area contributed by atoms with Crippen LogP contribution in [-0.2, 0) is 9.59 Å². The summed E-state index contributed by atoms with van der Waals surface area (Å²) in [6, 6.07) is 7.29. The molecule has 0 spiro atoms. The van der Waals surface area contributed by atoms with Gasteiger partial charge in [0.05, 0.1) is 17.9 Å². The van der Waals surface area contributed by atoms with Crippen LogP contribution in [0.2, 0.25) is 0 Å². The molecule has 1 aliphatic rings. The Kier molecular flexibility index (Phi) is 6.23. The number of benzene rings is 1. The first-order valence-electron chi connectivity index (χ1n) is 8.72. The Morgan fingerprint density at radius 3 is 2.29 bits per heavy atom. The third-order valence-corrected chi connectivity index (χ3v) is 3.98. The minimum Gasteiger partial charge on any atom is -0.491 e. The zero-order valence-corrected chi connectivity index (χ0v) is 15.0. The zero-order valence-electron chi connectivity index (χ0n) is 15.0. The highest BCUT2D eigenvalue weighted by Gasteiger charge is 2.47. The van der Waals surface area contributed by atoms with Gasteiger partial charge in [-0.15, -0.1) is 0 Å². The van der Waals surface area contributed by atoms with Gasteiger partial charge in [-0.05, 0) is 56.9 Å². The second-order valence-electron chi connectivity index (χ2n) is 7.10. The first-order chi connectivity index (χ1) is 11.4. The molecule has 24 heavy (non-hydrogen) atoms. The number of carbonyl (C=O) groups is 2. The molecule has 2 N–H and O–H groups in total. The predicted octanol–water partition coefficient (Wildman–Crippen LogP) is 3.21. The molecule has 0 radical (unpaired) electrons. The van der Waals surface area contributed by atoms with Crippen LogP contribution < -0.4 is 15.4 Å². The van der Waals surface area contributed by atoms with E-state index in [0.717, 1.165) is 17.9 Å². The van der Waals surface area contributed by atoms with Gasteiger partial charge >= 0.3 is 0 Å². The Labute approximate surface area is 144 Å². The fourth-order valence-corrected chi connectivity index (χ4v) is 2.51. The second-order valence-corrected chi connectivity index (χ2v) is 7.10. The van der Waals surface area contributed by atoms with Crippen molar-refractivity contribution in [2.45, 2.75) is 46.6 Å². The number of anilines is 1. The summed E-state index contributed by atoms with van der Waals surface area (Å²) in [5, 5.41) is 5.78. The molecule has 2 amide bonds. The number of carbonyl (C=O) groups excluding carboxylic acids is 2. The van der Waals surface area contributed by atoms with E-state index in [-0.39, 0.29) is 29.8 Å². The molecule has 1 aromatic carbocycles. The molecule has 2 atom stereocenters. The highest BCUT2D eigenvalue weighted by atomic mass is 16.5. The van der Waals surface area contributed by atoms with Crippen molar-refractivity contribution in [3.05, 3.63) is 24.3 Å². The Balaban J connectivity index is 1.76. The molecular formula is C19H28N2O3. The predicted molar refractivity (Wildman–Crippen MR) is 94.9 cm³/mol. The van der Waals surface area contributed by atoms with Gasteiger partial charge in [0.1, 0.15) is 5.75 Å². The van der Waals surface area contributed by atoms with Crippen molar-refractivity contribution in [1.29, 1.82) is 0 Å². The van der Waals surface area contributed by atoms with E-state index < -0.39 is 0 Å². The maximum absolute atomic E-state index is 12.2. The average Bonchev–Trinajstić information content (AvgIpc) is 3.29. The van der Waals surface area contributed by atoms with Crippen molar-refractivity contribution in [1.82, 2.24) is 5.32 Å². The molecule has 132 valence electrons. The van der Waals surface area contributed by atoms with E-state index in [0.29, 0.717) is 18.9 Å². The van der Waals surface area contributed by atoms with Gasteiger partial charge in [0.25, 0.3) is 0 Å². The fourth-order valence-electron chi connectivity index (χ4n) is 2.51. The standard InChI is InChI=1S/C19H28N2O3/c1-12(2)9-10-20-18(22)16-11-17(16)19(23)21-14-5-7-15(8-6-14)24-13(3)4/h5-8,12-13,16-17H,9-11H2,1-4H3,(H,20,22)(H,21,23). The number of ether oxygens (including phenoxy) is 1. The zero-order chi connectivity index (χ0) is 17.7. The van der Waals surface area contributed by atoms with Crippen LogP contribution in [0.3, 0.4) is 0 Å². The molecule has 0 heterocycles. The molecule has 1 saturated carbocycles. The number of amides is 2. The van der Waals surface area contributed by atoms with E-state index in [9.17, 15) is 9.59 Å². The minimum atomic E-state index is -0.212. The van der Waals surface area contributed by atoms with E-state index >= 15 is 0 Å². The molecule has 0 aliphatic heterocycles. The van der Waals surface area contributed by atoms with Crippen LogP contribution >= 0.6 is 0 Å². The van der Waals surface area contributed by atoms with E-state index in [1.165, 1.54) is 0 Å². The van der Waals surface area contributed by atoms with Crippen LogP contribution in [0.5, 0.6) is 5.75 Å². The first-order valence-corrected chi connectivity index (χ1v) is 8.72. The lowest BCUT2D eigenvalue weighted by Crippen LogP contribution is -2.28. The normalized spacial score (nSPS) is 19.2. The van der Waals surface area contributed by atoms with E-state index in [1.54, 1.807) is 0 Å². The largest absolute Gasteiger partial charge is 0.491 e. The van der Waals surface area contributed by atoms with Gasteiger partial charge in [-0.3, -0.25) is 9.59 Å². The molecule has 1 fully saturated rings. The summed E-state index contributed by atoms with van der Waals surface area (Å²) in [6.45, 7) is 8.86. The van der Waals surface area contributed by atoms with Gasteiger partial charge in [-0.2, -0.15) is 0 Å². The van der Waals surface area contributed by atoms with Crippen LogP contribution in [0.1, 0.15) is 40.5 Å². The molecule has 2 rings (SSSR count). The summed E-state index contributed by atoms with van der Waals surface area (Å²) >= 11 is 0. The lowest BCUT2D eigenvalue weighted by Gasteiger charge is -2.10.